The molecule has 2 aliphatic rings. The van der Waals surface area contributed by atoms with Crippen molar-refractivity contribution in [2.45, 2.75) is 82.2 Å². The topological polar surface area (TPSA) is 64.8 Å². The van der Waals surface area contributed by atoms with Crippen LogP contribution in [0.15, 0.2) is 0 Å². The maximum atomic E-state index is 14.4. The second kappa shape index (κ2) is 6.90. The van der Waals surface area contributed by atoms with Gasteiger partial charge in [0.1, 0.15) is 11.7 Å². The minimum Gasteiger partial charge on any atom is -0.444 e. The van der Waals surface area contributed by atoms with Crippen LogP contribution < -0.4 is 5.73 Å². The van der Waals surface area contributed by atoms with E-state index in [4.69, 9.17) is 15.2 Å². The predicted molar refractivity (Wildman–Crippen MR) is 82.8 cm³/mol. The van der Waals surface area contributed by atoms with E-state index in [1.165, 1.54) is 0 Å². The van der Waals surface area contributed by atoms with E-state index in [1.54, 1.807) is 20.8 Å². The molecule has 2 fully saturated rings. The first kappa shape index (κ1) is 20.2. The molecule has 146 valence electrons. The fraction of sp³-hybridized carbons (Fsp3) is 0.938. The number of likely N-dealkylation sites (tertiary alicyclic amines) is 1. The minimum atomic E-state index is -3.36. The van der Waals surface area contributed by atoms with Crippen LogP contribution in [0.2, 0.25) is 0 Å². The molecule has 0 aromatic rings. The van der Waals surface area contributed by atoms with E-state index in [2.05, 4.69) is 0 Å². The molecule has 0 aromatic carbocycles. The molecule has 0 spiro atoms. The number of ether oxygens (including phenoxy) is 2. The number of hydrogen-bond donors (Lipinski definition) is 1. The summed E-state index contributed by atoms with van der Waals surface area (Å²) in [7, 11) is 0. The normalized spacial score (nSPS) is 32.3. The molecule has 1 heterocycles. The quantitative estimate of drug-likeness (QED) is 0.759. The van der Waals surface area contributed by atoms with Crippen molar-refractivity contribution < 1.29 is 31.8 Å². The fourth-order valence-corrected chi connectivity index (χ4v) is 3.09. The maximum Gasteiger partial charge on any atom is 0.410 e. The summed E-state index contributed by atoms with van der Waals surface area (Å²) in [6, 6.07) is -1.60. The minimum absolute atomic E-state index is 0.00746. The van der Waals surface area contributed by atoms with Crippen molar-refractivity contribution in [3.63, 3.8) is 0 Å². The summed E-state index contributed by atoms with van der Waals surface area (Å²) in [4.78, 5) is 12.9. The molecule has 1 saturated carbocycles. The molecule has 25 heavy (non-hydrogen) atoms. The molecule has 1 saturated heterocycles. The van der Waals surface area contributed by atoms with Crippen molar-refractivity contribution in [2.24, 2.45) is 5.73 Å². The highest BCUT2D eigenvalue weighted by Crippen LogP contribution is 2.37. The van der Waals surface area contributed by atoms with Crippen LogP contribution in [0.5, 0.6) is 0 Å². The molecule has 2 rings (SSSR count). The zero-order valence-corrected chi connectivity index (χ0v) is 14.7. The first-order valence-electron chi connectivity index (χ1n) is 8.46. The van der Waals surface area contributed by atoms with Gasteiger partial charge in [-0.25, -0.2) is 22.4 Å². The molecule has 5 nitrogen and oxygen atoms in total. The number of carbonyl (C=O) groups is 1. The second-order valence-corrected chi connectivity index (χ2v) is 7.79. The van der Waals surface area contributed by atoms with Gasteiger partial charge in [-0.15, -0.1) is 0 Å². The maximum absolute atomic E-state index is 14.4. The van der Waals surface area contributed by atoms with E-state index in [9.17, 15) is 22.4 Å². The average molecular weight is 370 g/mol. The van der Waals surface area contributed by atoms with Gasteiger partial charge in [0.25, 0.3) is 11.8 Å². The van der Waals surface area contributed by atoms with E-state index < -0.39 is 48.3 Å². The molecule has 3 atom stereocenters. The highest BCUT2D eigenvalue weighted by molar-refractivity contribution is 5.68. The van der Waals surface area contributed by atoms with Crippen molar-refractivity contribution in [1.29, 1.82) is 0 Å². The summed E-state index contributed by atoms with van der Waals surface area (Å²) in [5.41, 5.74) is 4.71. The number of piperidine rings is 1. The van der Waals surface area contributed by atoms with Gasteiger partial charge in [-0.05, 0) is 40.0 Å². The monoisotopic (exact) mass is 370 g/mol. The lowest BCUT2D eigenvalue weighted by Gasteiger charge is -2.42. The van der Waals surface area contributed by atoms with Gasteiger partial charge in [-0.1, -0.05) is 0 Å². The zero-order chi connectivity index (χ0) is 19.0. The van der Waals surface area contributed by atoms with E-state index in [1.807, 2.05) is 0 Å². The van der Waals surface area contributed by atoms with Gasteiger partial charge in [0.2, 0.25) is 0 Å². The number of hydrogen-bond acceptors (Lipinski definition) is 4. The van der Waals surface area contributed by atoms with Crippen LogP contribution in [-0.4, -0.2) is 59.8 Å². The van der Waals surface area contributed by atoms with Crippen LogP contribution in [-0.2, 0) is 9.47 Å². The molecule has 1 aliphatic heterocycles. The van der Waals surface area contributed by atoms with E-state index in [0.29, 0.717) is 0 Å². The molecule has 1 amide bonds. The van der Waals surface area contributed by atoms with Gasteiger partial charge in [-0.2, -0.15) is 0 Å². The van der Waals surface area contributed by atoms with Gasteiger partial charge in [0.05, 0.1) is 18.7 Å². The number of amides is 1. The molecule has 9 heteroatoms. The Labute approximate surface area is 144 Å². The summed E-state index contributed by atoms with van der Waals surface area (Å²) in [5.74, 6) is -6.48. The molecular formula is C16H26F4N2O3. The Balaban J connectivity index is 1.98. The summed E-state index contributed by atoms with van der Waals surface area (Å²) < 4.78 is 66.5. The molecule has 2 N–H and O–H groups in total. The summed E-state index contributed by atoms with van der Waals surface area (Å²) in [6.07, 6.45) is -3.62. The SMILES string of the molecule is CC(C)(C)OC(=O)N1CC[C@H](O[C@H]2CCCC(F)(F)[C@@H]2N)C(F)(F)C1. The van der Waals surface area contributed by atoms with Crippen LogP contribution in [0.4, 0.5) is 22.4 Å². The Hall–Kier alpha value is -1.09. The summed E-state index contributed by atoms with van der Waals surface area (Å²) in [6.45, 7) is 4.06. The Kier molecular flexibility index (Phi) is 5.59. The van der Waals surface area contributed by atoms with Crippen molar-refractivity contribution in [2.75, 3.05) is 13.1 Å². The van der Waals surface area contributed by atoms with Gasteiger partial charge in [-0.3, -0.25) is 0 Å². The van der Waals surface area contributed by atoms with Gasteiger partial charge in [0, 0.05) is 13.0 Å². The summed E-state index contributed by atoms with van der Waals surface area (Å²) in [5, 5.41) is 0. The van der Waals surface area contributed by atoms with Crippen molar-refractivity contribution in [3.8, 4) is 0 Å². The number of rotatable bonds is 2. The third-order valence-electron chi connectivity index (χ3n) is 4.41. The molecule has 0 radical (unpaired) electrons. The molecule has 0 bridgehead atoms. The highest BCUT2D eigenvalue weighted by atomic mass is 19.3. The Morgan fingerprint density at radius 3 is 2.36 bits per heavy atom. The van der Waals surface area contributed by atoms with Crippen LogP contribution in [0.25, 0.3) is 0 Å². The van der Waals surface area contributed by atoms with Crippen LogP contribution in [0, 0.1) is 0 Å². The van der Waals surface area contributed by atoms with E-state index in [-0.39, 0.29) is 32.2 Å². The molecule has 1 aliphatic carbocycles. The lowest BCUT2D eigenvalue weighted by atomic mass is 9.89. The number of nitrogens with zero attached hydrogens (tertiary/aromatic N) is 1. The zero-order valence-electron chi connectivity index (χ0n) is 14.7. The highest BCUT2D eigenvalue weighted by Gasteiger charge is 2.51. The van der Waals surface area contributed by atoms with Gasteiger partial charge >= 0.3 is 6.09 Å². The molecule has 0 unspecified atom stereocenters. The third-order valence-corrected chi connectivity index (χ3v) is 4.41. The van der Waals surface area contributed by atoms with Gasteiger partial charge in [0.15, 0.2) is 0 Å². The third kappa shape index (κ3) is 4.97. The van der Waals surface area contributed by atoms with Gasteiger partial charge < -0.3 is 20.1 Å². The number of alkyl halides is 4. The van der Waals surface area contributed by atoms with Crippen molar-refractivity contribution in [1.82, 2.24) is 4.90 Å². The first-order chi connectivity index (χ1) is 11.3. The first-order valence-corrected chi connectivity index (χ1v) is 8.46. The Morgan fingerprint density at radius 2 is 1.80 bits per heavy atom. The van der Waals surface area contributed by atoms with E-state index in [0.717, 1.165) is 4.90 Å². The number of nitrogens with two attached hydrogens (primary N) is 1. The standard InChI is InChI=1S/C16H26F4N2O3/c1-14(2,3)25-13(23)22-8-6-11(16(19,20)9-22)24-10-5-4-7-15(17,18)12(10)21/h10-12H,4-9,21H2,1-3H3/t10-,11-,12+/m0/s1. The fourth-order valence-electron chi connectivity index (χ4n) is 3.09. The molecular weight excluding hydrogens is 344 g/mol. The Bertz CT molecular complexity index is 496. The van der Waals surface area contributed by atoms with Crippen molar-refractivity contribution >= 4 is 6.09 Å². The lowest BCUT2D eigenvalue weighted by molar-refractivity contribution is -0.210. The number of carbonyl (C=O) groups excluding carboxylic acids is 1. The average Bonchev–Trinajstić information content (AvgIpc) is 2.43. The smallest absolute Gasteiger partial charge is 0.410 e. The van der Waals surface area contributed by atoms with Crippen LogP contribution in [0.3, 0.4) is 0 Å². The second-order valence-electron chi connectivity index (χ2n) is 7.79. The Morgan fingerprint density at radius 1 is 1.16 bits per heavy atom. The lowest BCUT2D eigenvalue weighted by Crippen LogP contribution is -2.59. The largest absolute Gasteiger partial charge is 0.444 e. The molecule has 0 aromatic heterocycles. The summed E-state index contributed by atoms with van der Waals surface area (Å²) >= 11 is 0. The van der Waals surface area contributed by atoms with E-state index >= 15 is 0 Å². The van der Waals surface area contributed by atoms with Crippen LogP contribution >= 0.6 is 0 Å². The van der Waals surface area contributed by atoms with Crippen LogP contribution in [0.1, 0.15) is 46.5 Å². The predicted octanol–water partition coefficient (Wildman–Crippen LogP) is 3.16. The number of halogens is 4. The van der Waals surface area contributed by atoms with Crippen molar-refractivity contribution in [3.05, 3.63) is 0 Å².